The maximum Gasteiger partial charge on any atom is 0.231 e. The van der Waals surface area contributed by atoms with Crippen LogP contribution in [0.4, 0.5) is 11.6 Å². The van der Waals surface area contributed by atoms with Crippen molar-refractivity contribution in [3.05, 3.63) is 63.3 Å². The summed E-state index contributed by atoms with van der Waals surface area (Å²) in [5.41, 5.74) is 8.50. The zero-order valence-electron chi connectivity index (χ0n) is 12.9. The van der Waals surface area contributed by atoms with Crippen LogP contribution in [0.1, 0.15) is 11.4 Å². The van der Waals surface area contributed by atoms with Crippen LogP contribution >= 0.6 is 27.5 Å². The number of nitrogens with one attached hydrogen (secondary N) is 1. The van der Waals surface area contributed by atoms with Crippen LogP contribution in [0.2, 0.25) is 5.02 Å². The zero-order chi connectivity index (χ0) is 17.1. The highest BCUT2D eigenvalue weighted by molar-refractivity contribution is 9.10. The molecule has 7 heteroatoms. The van der Waals surface area contributed by atoms with Gasteiger partial charge in [-0.1, -0.05) is 33.6 Å². The third kappa shape index (κ3) is 3.90. The monoisotopic (exact) mass is 403 g/mol. The van der Waals surface area contributed by atoms with Gasteiger partial charge in [0.1, 0.15) is 5.82 Å². The van der Waals surface area contributed by atoms with E-state index in [2.05, 4.69) is 36.2 Å². The number of halogens is 2. The van der Waals surface area contributed by atoms with Gasteiger partial charge >= 0.3 is 0 Å². The summed E-state index contributed by atoms with van der Waals surface area (Å²) < 4.78 is 1.00. The highest BCUT2D eigenvalue weighted by Gasteiger charge is 2.11. The molecule has 0 saturated heterocycles. The molecule has 0 radical (unpaired) electrons. The molecule has 3 rings (SSSR count). The maximum atomic E-state index is 6.11. The Morgan fingerprint density at radius 2 is 1.83 bits per heavy atom. The van der Waals surface area contributed by atoms with Gasteiger partial charge < -0.3 is 11.1 Å². The molecule has 0 bridgehead atoms. The highest BCUT2D eigenvalue weighted by atomic mass is 79.9. The van der Waals surface area contributed by atoms with Crippen molar-refractivity contribution in [1.82, 2.24) is 15.0 Å². The molecule has 1 aromatic heterocycles. The Bertz CT molecular complexity index is 867. The van der Waals surface area contributed by atoms with E-state index in [4.69, 9.17) is 17.3 Å². The van der Waals surface area contributed by atoms with Gasteiger partial charge in [0.15, 0.2) is 5.82 Å². The number of aryl methyl sites for hydroxylation is 1. The maximum absolute atomic E-state index is 6.11. The lowest BCUT2D eigenvalue weighted by Crippen LogP contribution is -2.09. The lowest BCUT2D eigenvalue weighted by Gasteiger charge is -2.10. The molecule has 3 aromatic rings. The number of hydrogen-bond acceptors (Lipinski definition) is 5. The van der Waals surface area contributed by atoms with E-state index in [1.807, 2.05) is 49.4 Å². The Labute approximate surface area is 153 Å². The summed E-state index contributed by atoms with van der Waals surface area (Å²) in [6.45, 7) is 2.21. The fourth-order valence-corrected chi connectivity index (χ4v) is 2.62. The topological polar surface area (TPSA) is 76.7 Å². The first-order chi connectivity index (χ1) is 11.5. The Morgan fingerprint density at radius 3 is 2.54 bits per heavy atom. The van der Waals surface area contributed by atoms with E-state index < -0.39 is 0 Å². The van der Waals surface area contributed by atoms with Crippen LogP contribution < -0.4 is 11.1 Å². The minimum absolute atomic E-state index is 0.226. The second-order valence-corrected chi connectivity index (χ2v) is 6.55. The average Bonchev–Trinajstić information content (AvgIpc) is 2.59. The number of aromatic nitrogens is 3. The molecular formula is C17H15BrClN5. The summed E-state index contributed by atoms with van der Waals surface area (Å²) in [5, 5.41) is 3.81. The molecule has 0 spiro atoms. The molecule has 0 fully saturated rings. The molecule has 0 saturated carbocycles. The molecule has 3 N–H and O–H groups in total. The second-order valence-electron chi connectivity index (χ2n) is 5.19. The van der Waals surface area contributed by atoms with Crippen molar-refractivity contribution in [3.8, 4) is 11.4 Å². The molecular weight excluding hydrogens is 390 g/mol. The molecule has 5 nitrogen and oxygen atoms in total. The van der Waals surface area contributed by atoms with E-state index in [1.165, 1.54) is 0 Å². The van der Waals surface area contributed by atoms with Crippen LogP contribution in [0.3, 0.4) is 0 Å². The van der Waals surface area contributed by atoms with Gasteiger partial charge in [-0.05, 0) is 48.9 Å². The molecule has 0 atom stereocenters. The van der Waals surface area contributed by atoms with Crippen LogP contribution in [0, 0.1) is 6.92 Å². The average molecular weight is 405 g/mol. The molecule has 0 amide bonds. The van der Waals surface area contributed by atoms with Crippen molar-refractivity contribution >= 4 is 39.2 Å². The summed E-state index contributed by atoms with van der Waals surface area (Å²) in [7, 11) is 0. The van der Waals surface area contributed by atoms with E-state index >= 15 is 0 Å². The Morgan fingerprint density at radius 1 is 1.08 bits per heavy atom. The summed E-state index contributed by atoms with van der Waals surface area (Å²) in [6.07, 6.45) is 0. The normalized spacial score (nSPS) is 10.7. The van der Waals surface area contributed by atoms with Gasteiger partial charge in [-0.25, -0.2) is 4.98 Å². The van der Waals surface area contributed by atoms with Gasteiger partial charge in [-0.3, -0.25) is 0 Å². The quantitative estimate of drug-likeness (QED) is 0.671. The third-order valence-corrected chi connectivity index (χ3v) is 4.17. The lowest BCUT2D eigenvalue weighted by atomic mass is 10.1. The van der Waals surface area contributed by atoms with Crippen LogP contribution in [0.15, 0.2) is 46.9 Å². The number of rotatable bonds is 4. The Balaban J connectivity index is 2.02. The number of benzene rings is 2. The van der Waals surface area contributed by atoms with Crippen LogP contribution in [0.5, 0.6) is 0 Å². The van der Waals surface area contributed by atoms with Crippen molar-refractivity contribution in [2.45, 2.75) is 13.5 Å². The molecule has 1 heterocycles. The van der Waals surface area contributed by atoms with E-state index in [1.54, 1.807) is 0 Å². The van der Waals surface area contributed by atoms with Crippen LogP contribution in [-0.4, -0.2) is 15.0 Å². The Kier molecular flexibility index (Phi) is 5.08. The van der Waals surface area contributed by atoms with Gasteiger partial charge in [-0.2, -0.15) is 9.97 Å². The summed E-state index contributed by atoms with van der Waals surface area (Å²) >= 11 is 9.52. The van der Waals surface area contributed by atoms with Crippen molar-refractivity contribution in [3.63, 3.8) is 0 Å². The zero-order valence-corrected chi connectivity index (χ0v) is 15.3. The summed E-state index contributed by atoms with van der Waals surface area (Å²) in [5.74, 6) is 1.51. The first kappa shape index (κ1) is 16.8. The third-order valence-electron chi connectivity index (χ3n) is 3.41. The number of nitrogens with zero attached hydrogens (tertiary/aromatic N) is 3. The predicted molar refractivity (Wildman–Crippen MR) is 100 cm³/mol. The van der Waals surface area contributed by atoms with Gasteiger partial charge in [0.05, 0.1) is 6.54 Å². The molecule has 0 aliphatic rings. The van der Waals surface area contributed by atoms with Gasteiger partial charge in [0.25, 0.3) is 0 Å². The SMILES string of the molecule is Cc1ccc(Cl)cc1-c1nc(CN)nc(Nc2ccc(Br)cc2)n1. The Hall–Kier alpha value is -2.02. The van der Waals surface area contributed by atoms with Gasteiger partial charge in [0, 0.05) is 20.7 Å². The molecule has 0 aliphatic heterocycles. The molecule has 2 aromatic carbocycles. The lowest BCUT2D eigenvalue weighted by molar-refractivity contribution is 0.885. The smallest absolute Gasteiger partial charge is 0.231 e. The van der Waals surface area contributed by atoms with Crippen molar-refractivity contribution < 1.29 is 0 Å². The molecule has 24 heavy (non-hydrogen) atoms. The highest BCUT2D eigenvalue weighted by Crippen LogP contribution is 2.25. The fraction of sp³-hybridized carbons (Fsp3) is 0.118. The van der Waals surface area contributed by atoms with Gasteiger partial charge in [0.2, 0.25) is 5.95 Å². The second kappa shape index (κ2) is 7.25. The minimum Gasteiger partial charge on any atom is -0.324 e. The van der Waals surface area contributed by atoms with Crippen molar-refractivity contribution in [2.75, 3.05) is 5.32 Å². The molecule has 122 valence electrons. The number of anilines is 2. The first-order valence-corrected chi connectivity index (χ1v) is 8.46. The molecule has 0 aliphatic carbocycles. The first-order valence-electron chi connectivity index (χ1n) is 7.29. The van der Waals surface area contributed by atoms with Crippen LogP contribution in [0.25, 0.3) is 11.4 Å². The number of nitrogens with two attached hydrogens (primary N) is 1. The largest absolute Gasteiger partial charge is 0.324 e. The van der Waals surface area contributed by atoms with Crippen molar-refractivity contribution in [2.24, 2.45) is 5.73 Å². The fourth-order valence-electron chi connectivity index (χ4n) is 2.18. The van der Waals surface area contributed by atoms with E-state index in [9.17, 15) is 0 Å². The number of hydrogen-bond donors (Lipinski definition) is 2. The van der Waals surface area contributed by atoms with E-state index in [-0.39, 0.29) is 6.54 Å². The predicted octanol–water partition coefficient (Wildman–Crippen LogP) is 4.47. The van der Waals surface area contributed by atoms with Gasteiger partial charge in [-0.15, -0.1) is 0 Å². The standard InChI is InChI=1S/C17H15BrClN5/c1-10-2-5-12(19)8-14(10)16-22-15(9-20)23-17(24-16)21-13-6-3-11(18)4-7-13/h2-8H,9,20H2,1H3,(H,21,22,23,24). The van der Waals surface area contributed by atoms with E-state index in [0.717, 1.165) is 21.3 Å². The summed E-state index contributed by atoms with van der Waals surface area (Å²) in [4.78, 5) is 13.3. The van der Waals surface area contributed by atoms with E-state index in [0.29, 0.717) is 22.6 Å². The molecule has 0 unspecified atom stereocenters. The van der Waals surface area contributed by atoms with Crippen LogP contribution in [-0.2, 0) is 6.54 Å². The van der Waals surface area contributed by atoms with Crippen molar-refractivity contribution in [1.29, 1.82) is 0 Å². The summed E-state index contributed by atoms with van der Waals surface area (Å²) in [6, 6.07) is 13.4. The minimum atomic E-state index is 0.226.